The number of pyridine rings is 1. The van der Waals surface area contributed by atoms with E-state index >= 15 is 0 Å². The molecule has 51 heavy (non-hydrogen) atoms. The number of nitrogens with zero attached hydrogens (tertiary/aromatic N) is 9. The number of fused-ring (bicyclic) bond motifs is 1. The number of carbonyl (C=O) groups is 1. The third-order valence-electron chi connectivity index (χ3n) is 9.57. The Morgan fingerprint density at radius 3 is 2.61 bits per heavy atom. The fourth-order valence-corrected chi connectivity index (χ4v) is 6.92. The SMILES string of the molecule is CC[C@H]1CC(OCCCCCN2CC(=O)N(CC)c3nc(-c4ccc(-c5nc[nH]n5)nc4C)cnc32)CCN1c1ccc(C#N)c(C(F)(F)F)c1. The van der Waals surface area contributed by atoms with Gasteiger partial charge in [-0.05, 0) is 82.7 Å². The predicted octanol–water partition coefficient (Wildman–Crippen LogP) is 6.33. The Balaban J connectivity index is 1.01. The van der Waals surface area contributed by atoms with Crippen molar-refractivity contribution >= 4 is 23.2 Å². The Bertz CT molecular complexity index is 1880. The lowest BCUT2D eigenvalue weighted by Crippen LogP contribution is -2.47. The normalized spacial score (nSPS) is 17.8. The van der Waals surface area contributed by atoms with Crippen LogP contribution in [0.1, 0.15) is 69.2 Å². The summed E-state index contributed by atoms with van der Waals surface area (Å²) in [5, 5.41) is 16.0. The molecule has 0 aliphatic carbocycles. The van der Waals surface area contributed by atoms with Crippen LogP contribution in [0.5, 0.6) is 0 Å². The first-order valence-electron chi connectivity index (χ1n) is 17.4. The van der Waals surface area contributed by atoms with Crippen molar-refractivity contribution in [3.05, 3.63) is 59.7 Å². The maximum Gasteiger partial charge on any atom is 0.417 e. The number of halogens is 3. The van der Waals surface area contributed by atoms with Crippen molar-refractivity contribution in [1.29, 1.82) is 5.26 Å². The van der Waals surface area contributed by atoms with Crippen LogP contribution in [0, 0.1) is 18.3 Å². The Kier molecular flexibility index (Phi) is 10.8. The molecule has 1 N–H and O–H groups in total. The van der Waals surface area contributed by atoms with E-state index in [2.05, 4.69) is 20.2 Å². The molecule has 6 rings (SSSR count). The number of aromatic amines is 1. The number of nitriles is 1. The third kappa shape index (κ3) is 7.80. The summed E-state index contributed by atoms with van der Waals surface area (Å²) in [4.78, 5) is 37.3. The average molecular weight is 703 g/mol. The van der Waals surface area contributed by atoms with Gasteiger partial charge in [-0.3, -0.25) is 14.8 Å². The number of likely N-dealkylation sites (N-methyl/N-ethyl adjacent to an activating group) is 1. The fraction of sp³-hybridized carbons (Fsp3) is 0.472. The number of hydrogen-bond donors (Lipinski definition) is 1. The number of aryl methyl sites for hydroxylation is 1. The highest BCUT2D eigenvalue weighted by atomic mass is 19.4. The zero-order chi connectivity index (χ0) is 36.1. The number of piperidine rings is 1. The summed E-state index contributed by atoms with van der Waals surface area (Å²) < 4.78 is 47.0. The van der Waals surface area contributed by atoms with Crippen molar-refractivity contribution in [1.82, 2.24) is 30.1 Å². The number of nitrogens with one attached hydrogen (secondary N) is 1. The largest absolute Gasteiger partial charge is 0.417 e. The number of benzene rings is 1. The number of ether oxygens (including phenoxy) is 1. The molecule has 2 atom stereocenters. The highest BCUT2D eigenvalue weighted by molar-refractivity contribution is 6.01. The number of hydrogen-bond acceptors (Lipinski definition) is 10. The number of rotatable bonds is 12. The van der Waals surface area contributed by atoms with Gasteiger partial charge in [0.25, 0.3) is 0 Å². The minimum absolute atomic E-state index is 0.0259. The minimum Gasteiger partial charge on any atom is -0.378 e. The van der Waals surface area contributed by atoms with Crippen LogP contribution >= 0.6 is 0 Å². The first-order valence-corrected chi connectivity index (χ1v) is 17.4. The van der Waals surface area contributed by atoms with Crippen LogP contribution in [-0.2, 0) is 15.7 Å². The van der Waals surface area contributed by atoms with Crippen molar-refractivity contribution in [3.8, 4) is 28.8 Å². The highest BCUT2D eigenvalue weighted by Crippen LogP contribution is 2.37. The number of anilines is 3. The van der Waals surface area contributed by atoms with Gasteiger partial charge in [0.2, 0.25) is 5.91 Å². The molecule has 1 fully saturated rings. The van der Waals surface area contributed by atoms with Gasteiger partial charge in [0.05, 0.1) is 41.7 Å². The Morgan fingerprint density at radius 2 is 1.90 bits per heavy atom. The smallest absolute Gasteiger partial charge is 0.378 e. The second-order valence-corrected chi connectivity index (χ2v) is 12.8. The molecular formula is C36H41F3N10O2. The van der Waals surface area contributed by atoms with Gasteiger partial charge in [0.1, 0.15) is 12.0 Å². The number of aromatic nitrogens is 6. The molecule has 1 amide bonds. The van der Waals surface area contributed by atoms with Gasteiger partial charge in [-0.2, -0.15) is 23.5 Å². The van der Waals surface area contributed by atoms with Crippen molar-refractivity contribution in [2.24, 2.45) is 0 Å². The molecule has 268 valence electrons. The zero-order valence-corrected chi connectivity index (χ0v) is 28.9. The number of unbranched alkanes of at least 4 members (excludes halogenated alkanes) is 2. The Hall–Kier alpha value is -5.10. The quantitative estimate of drug-likeness (QED) is 0.167. The molecule has 0 saturated carbocycles. The van der Waals surface area contributed by atoms with Gasteiger partial charge in [0, 0.05) is 49.2 Å². The van der Waals surface area contributed by atoms with Crippen molar-refractivity contribution in [2.45, 2.75) is 77.6 Å². The second kappa shape index (κ2) is 15.4. The summed E-state index contributed by atoms with van der Waals surface area (Å²) >= 11 is 0. The molecule has 2 aliphatic heterocycles. The molecule has 2 aliphatic rings. The van der Waals surface area contributed by atoms with Crippen LogP contribution in [0.2, 0.25) is 0 Å². The molecule has 5 heterocycles. The van der Waals surface area contributed by atoms with Gasteiger partial charge in [-0.25, -0.2) is 19.9 Å². The van der Waals surface area contributed by atoms with E-state index in [0.717, 1.165) is 49.4 Å². The molecule has 1 unspecified atom stereocenters. The molecule has 3 aromatic heterocycles. The van der Waals surface area contributed by atoms with E-state index in [4.69, 9.17) is 20.0 Å². The highest BCUT2D eigenvalue weighted by Gasteiger charge is 2.36. The second-order valence-electron chi connectivity index (χ2n) is 12.8. The molecule has 12 nitrogen and oxygen atoms in total. The Morgan fingerprint density at radius 1 is 1.06 bits per heavy atom. The van der Waals surface area contributed by atoms with Crippen LogP contribution in [-0.4, -0.2) is 81.0 Å². The molecular weight excluding hydrogens is 661 g/mol. The summed E-state index contributed by atoms with van der Waals surface area (Å²) in [6.45, 7) is 8.37. The van der Waals surface area contributed by atoms with E-state index < -0.39 is 11.7 Å². The Labute approximate surface area is 294 Å². The van der Waals surface area contributed by atoms with Gasteiger partial charge in [-0.1, -0.05) is 6.92 Å². The summed E-state index contributed by atoms with van der Waals surface area (Å²) in [7, 11) is 0. The molecule has 0 radical (unpaired) electrons. The zero-order valence-electron chi connectivity index (χ0n) is 28.9. The summed E-state index contributed by atoms with van der Waals surface area (Å²) in [5.74, 6) is 1.70. The molecule has 4 aromatic rings. The summed E-state index contributed by atoms with van der Waals surface area (Å²) in [6, 6.07) is 9.41. The van der Waals surface area contributed by atoms with Crippen LogP contribution in [0.4, 0.5) is 30.5 Å². The molecule has 15 heteroatoms. The number of carbonyl (C=O) groups excluding carboxylic acids is 1. The van der Waals surface area contributed by atoms with Gasteiger partial charge in [-0.15, -0.1) is 0 Å². The molecule has 1 saturated heterocycles. The first kappa shape index (κ1) is 35.7. The van der Waals surface area contributed by atoms with Crippen LogP contribution in [0.25, 0.3) is 22.8 Å². The first-order chi connectivity index (χ1) is 24.6. The van der Waals surface area contributed by atoms with E-state index in [1.54, 1.807) is 23.2 Å². The lowest BCUT2D eigenvalue weighted by molar-refractivity contribution is -0.137. The monoisotopic (exact) mass is 702 g/mol. The van der Waals surface area contributed by atoms with Crippen molar-refractivity contribution in [2.75, 3.05) is 47.5 Å². The van der Waals surface area contributed by atoms with E-state index in [9.17, 15) is 18.0 Å². The van der Waals surface area contributed by atoms with Gasteiger partial charge in [0.15, 0.2) is 17.5 Å². The van der Waals surface area contributed by atoms with Crippen LogP contribution < -0.4 is 14.7 Å². The minimum atomic E-state index is -4.59. The van der Waals surface area contributed by atoms with Crippen LogP contribution in [0.3, 0.4) is 0 Å². The number of amides is 1. The topological polar surface area (TPSA) is 140 Å². The van der Waals surface area contributed by atoms with E-state index in [-0.39, 0.29) is 30.2 Å². The van der Waals surface area contributed by atoms with E-state index in [0.29, 0.717) is 67.2 Å². The standard InChI is InChI=1S/C36H41F3N10O2/c1-4-25-17-27(13-15-49(25)26-10-9-24(19-40)29(18-26)36(37,38)39)51-16-8-6-7-14-47-21-32(50)48(5-2)35-34(47)41-20-31(45-35)28-11-12-30(44-23(28)3)33-42-22-43-46-33/h9-12,18,20,22,25,27H,4-8,13-17,21H2,1-3H3,(H,42,43,46)/t25-,27?/m0/s1. The van der Waals surface area contributed by atoms with E-state index in [1.807, 2.05) is 42.7 Å². The maximum absolute atomic E-state index is 13.6. The van der Waals surface area contributed by atoms with Gasteiger partial charge < -0.3 is 14.5 Å². The third-order valence-corrected chi connectivity index (χ3v) is 9.57. The summed E-state index contributed by atoms with van der Waals surface area (Å²) in [5.41, 5.74) is 2.05. The van der Waals surface area contributed by atoms with Gasteiger partial charge >= 0.3 is 6.18 Å². The molecule has 1 aromatic carbocycles. The number of H-pyrrole nitrogens is 1. The molecule has 0 spiro atoms. The molecule has 0 bridgehead atoms. The van der Waals surface area contributed by atoms with E-state index in [1.165, 1.54) is 12.4 Å². The lowest BCUT2D eigenvalue weighted by Gasteiger charge is -2.41. The van der Waals surface area contributed by atoms with Crippen molar-refractivity contribution < 1.29 is 22.7 Å². The average Bonchev–Trinajstić information content (AvgIpc) is 3.67. The van der Waals surface area contributed by atoms with Crippen molar-refractivity contribution in [3.63, 3.8) is 0 Å². The predicted molar refractivity (Wildman–Crippen MR) is 186 cm³/mol. The van der Waals surface area contributed by atoms with Crippen LogP contribution in [0.15, 0.2) is 42.9 Å². The summed E-state index contributed by atoms with van der Waals surface area (Å²) in [6.07, 6.45) is 3.45. The maximum atomic E-state index is 13.6. The lowest BCUT2D eigenvalue weighted by atomic mass is 9.95. The number of alkyl halides is 3. The fourth-order valence-electron chi connectivity index (χ4n) is 6.92.